The van der Waals surface area contributed by atoms with Crippen LogP contribution >= 0.6 is 23.4 Å². The number of halogens is 1. The van der Waals surface area contributed by atoms with Crippen LogP contribution in [0, 0.1) is 0 Å². The first-order chi connectivity index (χ1) is 10.1. The molecule has 1 aromatic carbocycles. The molecular formula is C16H19ClN2OS. The average Bonchev–Trinajstić information content (AvgIpc) is 2.48. The molecule has 1 heterocycles. The summed E-state index contributed by atoms with van der Waals surface area (Å²) < 4.78 is 5.83. The fourth-order valence-electron chi connectivity index (χ4n) is 1.77. The Kier molecular flexibility index (Phi) is 5.91. The van der Waals surface area contributed by atoms with Crippen LogP contribution in [-0.4, -0.2) is 17.3 Å². The van der Waals surface area contributed by atoms with Gasteiger partial charge in [-0.15, -0.1) is 11.8 Å². The third kappa shape index (κ3) is 4.63. The van der Waals surface area contributed by atoms with E-state index in [0.29, 0.717) is 16.9 Å². The molecule has 0 saturated heterocycles. The van der Waals surface area contributed by atoms with Crippen molar-refractivity contribution >= 4 is 23.4 Å². The molecule has 3 nitrogen and oxygen atoms in total. The lowest BCUT2D eigenvalue weighted by Crippen LogP contribution is -2.21. The van der Waals surface area contributed by atoms with Crippen LogP contribution in [0.15, 0.2) is 41.4 Å². The molecule has 0 aliphatic rings. The Balaban J connectivity index is 2.14. The zero-order valence-electron chi connectivity index (χ0n) is 12.4. The zero-order chi connectivity index (χ0) is 15.2. The van der Waals surface area contributed by atoms with Crippen LogP contribution in [0.5, 0.6) is 11.6 Å². The maximum Gasteiger partial charge on any atom is 0.238 e. The molecule has 0 unspecified atom stereocenters. The fraction of sp³-hybridized carbons (Fsp3) is 0.312. The molecule has 5 heteroatoms. The molecule has 0 amide bonds. The van der Waals surface area contributed by atoms with Crippen LogP contribution < -0.4 is 10.1 Å². The summed E-state index contributed by atoms with van der Waals surface area (Å²) in [5, 5.41) is 3.86. The molecule has 0 bridgehead atoms. The van der Waals surface area contributed by atoms with E-state index in [4.69, 9.17) is 16.3 Å². The smallest absolute Gasteiger partial charge is 0.238 e. The van der Waals surface area contributed by atoms with Crippen molar-refractivity contribution in [3.63, 3.8) is 0 Å². The first-order valence-electron chi connectivity index (χ1n) is 6.79. The molecular weight excluding hydrogens is 304 g/mol. The van der Waals surface area contributed by atoms with Gasteiger partial charge in [0.2, 0.25) is 5.88 Å². The second-order valence-electron chi connectivity index (χ2n) is 4.92. The number of ether oxygens (including phenoxy) is 1. The molecule has 21 heavy (non-hydrogen) atoms. The van der Waals surface area contributed by atoms with Gasteiger partial charge in [-0.05, 0) is 30.0 Å². The lowest BCUT2D eigenvalue weighted by Gasteiger charge is -2.12. The number of benzene rings is 1. The zero-order valence-corrected chi connectivity index (χ0v) is 14.0. The van der Waals surface area contributed by atoms with Crippen molar-refractivity contribution in [2.45, 2.75) is 31.3 Å². The van der Waals surface area contributed by atoms with Gasteiger partial charge in [0.25, 0.3) is 0 Å². The monoisotopic (exact) mass is 322 g/mol. The predicted octanol–water partition coefficient (Wildman–Crippen LogP) is 4.75. The molecule has 112 valence electrons. The van der Waals surface area contributed by atoms with E-state index in [1.165, 1.54) is 0 Å². The molecule has 0 aliphatic heterocycles. The van der Waals surface area contributed by atoms with Gasteiger partial charge < -0.3 is 10.1 Å². The summed E-state index contributed by atoms with van der Waals surface area (Å²) in [6, 6.07) is 10.2. The SMILES string of the molecule is CSc1ccccc1Oc1ncc(CNC(C)C)cc1Cl. The normalized spacial score (nSPS) is 10.9. The first kappa shape index (κ1) is 16.1. The minimum atomic E-state index is 0.424. The third-order valence-electron chi connectivity index (χ3n) is 2.85. The van der Waals surface area contributed by atoms with E-state index in [0.717, 1.165) is 22.8 Å². The Morgan fingerprint density at radius 1 is 1.33 bits per heavy atom. The van der Waals surface area contributed by atoms with E-state index in [1.807, 2.05) is 36.6 Å². The Hall–Kier alpha value is -1.23. The van der Waals surface area contributed by atoms with Gasteiger partial charge in [0, 0.05) is 23.7 Å². The maximum atomic E-state index is 6.27. The van der Waals surface area contributed by atoms with Crippen LogP contribution in [0.4, 0.5) is 0 Å². The largest absolute Gasteiger partial charge is 0.436 e. The second-order valence-corrected chi connectivity index (χ2v) is 6.17. The van der Waals surface area contributed by atoms with Crippen LogP contribution in [-0.2, 0) is 6.54 Å². The van der Waals surface area contributed by atoms with Crippen molar-refractivity contribution in [1.29, 1.82) is 0 Å². The number of hydrogen-bond acceptors (Lipinski definition) is 4. The second kappa shape index (κ2) is 7.69. The Morgan fingerprint density at radius 2 is 2.10 bits per heavy atom. The van der Waals surface area contributed by atoms with Crippen molar-refractivity contribution in [2.24, 2.45) is 0 Å². The molecule has 0 saturated carbocycles. The molecule has 0 aliphatic carbocycles. The van der Waals surface area contributed by atoms with Gasteiger partial charge in [-0.1, -0.05) is 37.6 Å². The summed E-state index contributed by atoms with van der Waals surface area (Å²) in [5.74, 6) is 1.21. The number of para-hydroxylation sites is 1. The van der Waals surface area contributed by atoms with Crippen molar-refractivity contribution in [1.82, 2.24) is 10.3 Å². The van der Waals surface area contributed by atoms with Crippen LogP contribution in [0.1, 0.15) is 19.4 Å². The fourth-order valence-corrected chi connectivity index (χ4v) is 2.52. The van der Waals surface area contributed by atoms with E-state index in [1.54, 1.807) is 18.0 Å². The molecule has 0 spiro atoms. The number of hydrogen-bond donors (Lipinski definition) is 1. The van der Waals surface area contributed by atoms with Gasteiger partial charge in [0.15, 0.2) is 0 Å². The number of thioether (sulfide) groups is 1. The van der Waals surface area contributed by atoms with E-state index < -0.39 is 0 Å². The third-order valence-corrected chi connectivity index (χ3v) is 3.90. The lowest BCUT2D eigenvalue weighted by molar-refractivity contribution is 0.452. The van der Waals surface area contributed by atoms with Gasteiger partial charge in [-0.25, -0.2) is 4.98 Å². The standard InChI is InChI=1S/C16H19ClN2OS/c1-11(2)18-9-12-8-13(17)16(19-10-12)20-14-6-4-5-7-15(14)21-3/h4-8,10-11,18H,9H2,1-3H3. The highest BCUT2D eigenvalue weighted by Crippen LogP contribution is 2.33. The molecule has 2 aromatic rings. The summed E-state index contributed by atoms with van der Waals surface area (Å²) in [5.41, 5.74) is 1.04. The molecule has 1 aromatic heterocycles. The van der Waals surface area contributed by atoms with Crippen LogP contribution in [0.25, 0.3) is 0 Å². The van der Waals surface area contributed by atoms with Gasteiger partial charge in [0.05, 0.1) is 0 Å². The van der Waals surface area contributed by atoms with Gasteiger partial charge >= 0.3 is 0 Å². The lowest BCUT2D eigenvalue weighted by atomic mass is 10.2. The van der Waals surface area contributed by atoms with Gasteiger partial charge in [0.1, 0.15) is 10.8 Å². The first-order valence-corrected chi connectivity index (χ1v) is 8.39. The highest BCUT2D eigenvalue weighted by atomic mass is 35.5. The molecule has 2 rings (SSSR count). The van der Waals surface area contributed by atoms with Crippen LogP contribution in [0.3, 0.4) is 0 Å². The predicted molar refractivity (Wildman–Crippen MR) is 89.5 cm³/mol. The average molecular weight is 323 g/mol. The van der Waals surface area contributed by atoms with Crippen molar-refractivity contribution in [3.05, 3.63) is 47.1 Å². The van der Waals surface area contributed by atoms with E-state index in [2.05, 4.69) is 24.1 Å². The minimum Gasteiger partial charge on any atom is -0.436 e. The number of pyridine rings is 1. The van der Waals surface area contributed by atoms with E-state index in [-0.39, 0.29) is 0 Å². The molecule has 1 N–H and O–H groups in total. The quantitative estimate of drug-likeness (QED) is 0.778. The van der Waals surface area contributed by atoms with Gasteiger partial charge in [-0.3, -0.25) is 0 Å². The summed E-state index contributed by atoms with van der Waals surface area (Å²) in [4.78, 5) is 5.38. The van der Waals surface area contributed by atoms with Crippen LogP contribution in [0.2, 0.25) is 5.02 Å². The molecule has 0 atom stereocenters. The molecule has 0 radical (unpaired) electrons. The van der Waals surface area contributed by atoms with Gasteiger partial charge in [-0.2, -0.15) is 0 Å². The minimum absolute atomic E-state index is 0.424. The summed E-state index contributed by atoms with van der Waals surface area (Å²) in [7, 11) is 0. The summed E-state index contributed by atoms with van der Waals surface area (Å²) in [6.07, 6.45) is 3.80. The van der Waals surface area contributed by atoms with Crippen molar-refractivity contribution < 1.29 is 4.74 Å². The highest BCUT2D eigenvalue weighted by Gasteiger charge is 2.09. The highest BCUT2D eigenvalue weighted by molar-refractivity contribution is 7.98. The number of rotatable bonds is 6. The Bertz CT molecular complexity index is 605. The molecule has 0 fully saturated rings. The van der Waals surface area contributed by atoms with E-state index in [9.17, 15) is 0 Å². The van der Waals surface area contributed by atoms with E-state index >= 15 is 0 Å². The Labute approximate surface area is 135 Å². The summed E-state index contributed by atoms with van der Waals surface area (Å²) >= 11 is 7.90. The maximum absolute atomic E-state index is 6.27. The topological polar surface area (TPSA) is 34.1 Å². The number of aromatic nitrogens is 1. The van der Waals surface area contributed by atoms with Crippen molar-refractivity contribution in [3.8, 4) is 11.6 Å². The van der Waals surface area contributed by atoms with Crippen molar-refractivity contribution in [2.75, 3.05) is 6.26 Å². The Morgan fingerprint density at radius 3 is 2.76 bits per heavy atom. The number of nitrogens with zero attached hydrogens (tertiary/aromatic N) is 1. The number of nitrogens with one attached hydrogen (secondary N) is 1. The summed E-state index contributed by atoms with van der Waals surface area (Å²) in [6.45, 7) is 4.95.